The largest absolute Gasteiger partial charge is 0.332 e. The predicted molar refractivity (Wildman–Crippen MR) is 105 cm³/mol. The maximum Gasteiger partial charge on any atom is 0.237 e. The Balaban J connectivity index is 1.68. The average Bonchev–Trinajstić information content (AvgIpc) is 3.26. The molecule has 1 aromatic heterocycles. The Labute approximate surface area is 167 Å². The zero-order chi connectivity index (χ0) is 20.3. The number of hydrogen-bond acceptors (Lipinski definition) is 5. The zero-order valence-corrected chi connectivity index (χ0v) is 17.0. The van der Waals surface area contributed by atoms with Crippen molar-refractivity contribution in [3.05, 3.63) is 57.8 Å². The summed E-state index contributed by atoms with van der Waals surface area (Å²) in [4.78, 5) is 15.4. The first-order valence-electron chi connectivity index (χ1n) is 8.96. The monoisotopic (exact) mass is 428 g/mol. The molecule has 1 aliphatic rings. The van der Waals surface area contributed by atoms with Crippen LogP contribution in [-0.4, -0.2) is 43.3 Å². The molecule has 9 heteroatoms. The highest BCUT2D eigenvalue weighted by atomic mass is 32.2. The summed E-state index contributed by atoms with van der Waals surface area (Å²) >= 11 is 1.50. The van der Waals surface area contributed by atoms with Crippen LogP contribution in [0.25, 0.3) is 0 Å². The molecule has 2 heterocycles. The van der Waals surface area contributed by atoms with Crippen LogP contribution in [0.15, 0.2) is 35.7 Å². The average molecular weight is 429 g/mol. The van der Waals surface area contributed by atoms with Crippen molar-refractivity contribution in [3.63, 3.8) is 0 Å². The summed E-state index contributed by atoms with van der Waals surface area (Å²) in [5, 5.41) is 4.87. The number of sulfone groups is 1. The number of benzene rings is 1. The molecule has 152 valence electrons. The number of amides is 1. The van der Waals surface area contributed by atoms with Gasteiger partial charge in [-0.05, 0) is 30.9 Å². The van der Waals surface area contributed by atoms with Crippen molar-refractivity contribution in [2.75, 3.05) is 18.1 Å². The third kappa shape index (κ3) is 5.15. The minimum Gasteiger partial charge on any atom is -0.332 e. The van der Waals surface area contributed by atoms with Crippen molar-refractivity contribution < 1.29 is 22.0 Å². The van der Waals surface area contributed by atoms with E-state index in [1.807, 2.05) is 17.5 Å². The molecule has 0 saturated carbocycles. The molecular weight excluding hydrogens is 406 g/mol. The highest BCUT2D eigenvalue weighted by Gasteiger charge is 2.34. The lowest BCUT2D eigenvalue weighted by Crippen LogP contribution is -2.45. The van der Waals surface area contributed by atoms with E-state index in [0.717, 1.165) is 10.9 Å². The van der Waals surface area contributed by atoms with Crippen LogP contribution in [0.4, 0.5) is 8.78 Å². The second-order valence-corrected chi connectivity index (χ2v) is 10.2. The van der Waals surface area contributed by atoms with Crippen molar-refractivity contribution in [2.45, 2.75) is 32.0 Å². The number of rotatable bonds is 7. The van der Waals surface area contributed by atoms with Crippen LogP contribution in [0.3, 0.4) is 0 Å². The fourth-order valence-corrected chi connectivity index (χ4v) is 5.75. The van der Waals surface area contributed by atoms with Crippen LogP contribution in [0.2, 0.25) is 0 Å². The first-order valence-corrected chi connectivity index (χ1v) is 11.7. The molecule has 1 aliphatic heterocycles. The molecule has 2 unspecified atom stereocenters. The van der Waals surface area contributed by atoms with Crippen LogP contribution in [0.1, 0.15) is 29.8 Å². The number of halogens is 2. The van der Waals surface area contributed by atoms with Gasteiger partial charge in [0.05, 0.1) is 24.6 Å². The van der Waals surface area contributed by atoms with E-state index in [1.54, 1.807) is 11.8 Å². The van der Waals surface area contributed by atoms with Gasteiger partial charge in [0.25, 0.3) is 0 Å². The lowest BCUT2D eigenvalue weighted by molar-refractivity contribution is -0.132. The maximum absolute atomic E-state index is 13.9. The van der Waals surface area contributed by atoms with Gasteiger partial charge in [0.15, 0.2) is 9.84 Å². The minimum atomic E-state index is -3.13. The van der Waals surface area contributed by atoms with Crippen LogP contribution >= 0.6 is 11.3 Å². The van der Waals surface area contributed by atoms with E-state index >= 15 is 0 Å². The van der Waals surface area contributed by atoms with Gasteiger partial charge in [-0.15, -0.1) is 11.3 Å². The van der Waals surface area contributed by atoms with Gasteiger partial charge in [-0.2, -0.15) is 0 Å². The zero-order valence-electron chi connectivity index (χ0n) is 15.4. The van der Waals surface area contributed by atoms with Gasteiger partial charge in [0, 0.05) is 28.6 Å². The second kappa shape index (κ2) is 8.67. The number of carbonyl (C=O) groups is 1. The SMILES string of the molecule is CC(NCC(=O)N(Cc1cccs1)C1CCS(=O)(=O)C1)c1ccc(F)cc1F. The number of thiophene rings is 1. The Hall–Kier alpha value is -1.84. The highest BCUT2D eigenvalue weighted by Crippen LogP contribution is 2.22. The van der Waals surface area contributed by atoms with Crippen molar-refractivity contribution in [1.29, 1.82) is 0 Å². The van der Waals surface area contributed by atoms with Gasteiger partial charge in [0.2, 0.25) is 5.91 Å². The quantitative estimate of drug-likeness (QED) is 0.737. The Kier molecular flexibility index (Phi) is 6.47. The van der Waals surface area contributed by atoms with E-state index < -0.39 is 27.5 Å². The Morgan fingerprint density at radius 2 is 2.14 bits per heavy atom. The first-order chi connectivity index (χ1) is 13.2. The molecule has 1 fully saturated rings. The lowest BCUT2D eigenvalue weighted by atomic mass is 10.1. The molecule has 5 nitrogen and oxygen atoms in total. The highest BCUT2D eigenvalue weighted by molar-refractivity contribution is 7.91. The van der Waals surface area contributed by atoms with Gasteiger partial charge < -0.3 is 10.2 Å². The summed E-state index contributed by atoms with van der Waals surface area (Å²) in [5.74, 6) is -1.54. The van der Waals surface area contributed by atoms with Crippen LogP contribution in [0, 0.1) is 11.6 Å². The maximum atomic E-state index is 13.9. The van der Waals surface area contributed by atoms with Crippen molar-refractivity contribution >= 4 is 27.1 Å². The molecule has 0 aliphatic carbocycles. The summed E-state index contributed by atoms with van der Waals surface area (Å²) in [6.07, 6.45) is 0.418. The third-order valence-corrected chi connectivity index (χ3v) is 7.48. The van der Waals surface area contributed by atoms with Gasteiger partial charge in [-0.3, -0.25) is 4.79 Å². The summed E-state index contributed by atoms with van der Waals surface area (Å²) < 4.78 is 50.7. The Bertz CT molecular complexity index is 933. The van der Waals surface area contributed by atoms with Gasteiger partial charge in [0.1, 0.15) is 11.6 Å². The molecule has 1 aromatic carbocycles. The summed E-state index contributed by atoms with van der Waals surface area (Å²) in [6.45, 7) is 1.96. The molecule has 28 heavy (non-hydrogen) atoms. The predicted octanol–water partition coefficient (Wildman–Crippen LogP) is 2.89. The Morgan fingerprint density at radius 1 is 1.36 bits per heavy atom. The molecule has 0 bridgehead atoms. The number of carbonyl (C=O) groups excluding carboxylic acids is 1. The van der Waals surface area contributed by atoms with E-state index in [1.165, 1.54) is 23.5 Å². The number of nitrogens with zero attached hydrogens (tertiary/aromatic N) is 1. The minimum absolute atomic E-state index is 0.0355. The molecule has 1 N–H and O–H groups in total. The van der Waals surface area contributed by atoms with Crippen LogP contribution in [0.5, 0.6) is 0 Å². The normalized spacial score (nSPS) is 19.5. The Morgan fingerprint density at radius 3 is 2.75 bits per heavy atom. The standard InChI is InChI=1S/C19H22F2N2O3S2/c1-13(17-5-4-14(20)9-18(17)21)22-10-19(24)23(11-16-3-2-7-27-16)15-6-8-28(25,26)12-15/h2-5,7,9,13,15,22H,6,8,10-12H2,1H3. The van der Waals surface area contributed by atoms with Crippen molar-refractivity contribution in [3.8, 4) is 0 Å². The topological polar surface area (TPSA) is 66.5 Å². The molecular formula is C19H22F2N2O3S2. The molecule has 1 amide bonds. The molecule has 2 atom stereocenters. The summed E-state index contributed by atoms with van der Waals surface area (Å²) in [5.41, 5.74) is 0.266. The van der Waals surface area contributed by atoms with Gasteiger partial charge in [-0.25, -0.2) is 17.2 Å². The van der Waals surface area contributed by atoms with E-state index in [4.69, 9.17) is 0 Å². The van der Waals surface area contributed by atoms with Gasteiger partial charge >= 0.3 is 0 Å². The molecule has 1 saturated heterocycles. The van der Waals surface area contributed by atoms with Crippen molar-refractivity contribution in [2.24, 2.45) is 0 Å². The number of nitrogens with one attached hydrogen (secondary N) is 1. The van der Waals surface area contributed by atoms with Crippen LogP contribution in [-0.2, 0) is 21.2 Å². The third-order valence-electron chi connectivity index (χ3n) is 4.86. The second-order valence-electron chi connectivity index (χ2n) is 6.93. The van der Waals surface area contributed by atoms with E-state index in [0.29, 0.717) is 13.0 Å². The van der Waals surface area contributed by atoms with Crippen LogP contribution < -0.4 is 5.32 Å². The van der Waals surface area contributed by atoms with E-state index in [-0.39, 0.29) is 35.6 Å². The first kappa shape index (κ1) is 20.9. The molecule has 0 spiro atoms. The smallest absolute Gasteiger partial charge is 0.237 e. The molecule has 0 radical (unpaired) electrons. The molecule has 2 aromatic rings. The fourth-order valence-electron chi connectivity index (χ4n) is 3.32. The van der Waals surface area contributed by atoms with E-state index in [2.05, 4.69) is 5.32 Å². The fraction of sp³-hybridized carbons (Fsp3) is 0.421. The summed E-state index contributed by atoms with van der Waals surface area (Å²) in [6, 6.07) is 6.25. The van der Waals surface area contributed by atoms with Gasteiger partial charge in [-0.1, -0.05) is 12.1 Å². The van der Waals surface area contributed by atoms with E-state index in [9.17, 15) is 22.0 Å². The molecule has 3 rings (SSSR count). The van der Waals surface area contributed by atoms with Crippen molar-refractivity contribution in [1.82, 2.24) is 10.2 Å². The summed E-state index contributed by atoms with van der Waals surface area (Å²) in [7, 11) is -3.13. The number of hydrogen-bond donors (Lipinski definition) is 1. The lowest BCUT2D eigenvalue weighted by Gasteiger charge is -2.28.